The van der Waals surface area contributed by atoms with E-state index in [1.807, 2.05) is 6.08 Å². The average Bonchev–Trinajstić information content (AvgIpc) is 2.99. The Morgan fingerprint density at radius 1 is 0.833 bits per heavy atom. The number of hydrogen-bond donors (Lipinski definition) is 0. The molecule has 0 radical (unpaired) electrons. The van der Waals surface area contributed by atoms with Crippen molar-refractivity contribution in [1.82, 2.24) is 4.57 Å². The SMILES string of the molecule is C=C/C(=C\C)n1c2ccccc2c2cccc(-c3ccccc3)c21. The quantitative estimate of drug-likeness (QED) is 0.380. The predicted molar refractivity (Wildman–Crippen MR) is 105 cm³/mol. The monoisotopic (exact) mass is 309 g/mol. The van der Waals surface area contributed by atoms with E-state index in [1.54, 1.807) is 0 Å². The van der Waals surface area contributed by atoms with Gasteiger partial charge in [0.25, 0.3) is 0 Å². The molecule has 1 heteroatoms. The van der Waals surface area contributed by atoms with Gasteiger partial charge >= 0.3 is 0 Å². The fourth-order valence-electron chi connectivity index (χ4n) is 3.48. The largest absolute Gasteiger partial charge is 0.309 e. The fourth-order valence-corrected chi connectivity index (χ4v) is 3.48. The molecular weight excluding hydrogens is 290 g/mol. The summed E-state index contributed by atoms with van der Waals surface area (Å²) in [6.45, 7) is 6.07. The Labute approximate surface area is 142 Å². The van der Waals surface area contributed by atoms with Crippen LogP contribution in [0.3, 0.4) is 0 Å². The number of benzene rings is 3. The molecule has 0 spiro atoms. The maximum absolute atomic E-state index is 4.01. The Morgan fingerprint density at radius 2 is 1.54 bits per heavy atom. The molecule has 0 amide bonds. The second-order valence-corrected chi connectivity index (χ2v) is 5.84. The molecule has 1 heterocycles. The highest BCUT2D eigenvalue weighted by Gasteiger charge is 2.15. The third-order valence-corrected chi connectivity index (χ3v) is 4.54. The lowest BCUT2D eigenvalue weighted by Crippen LogP contribution is -1.95. The molecule has 3 aromatic carbocycles. The van der Waals surface area contributed by atoms with Crippen LogP contribution in [0.25, 0.3) is 38.6 Å². The smallest absolute Gasteiger partial charge is 0.0619 e. The minimum atomic E-state index is 1.10. The molecule has 0 aliphatic carbocycles. The van der Waals surface area contributed by atoms with Crippen molar-refractivity contribution in [3.05, 3.63) is 91.5 Å². The number of nitrogens with zero attached hydrogens (tertiary/aromatic N) is 1. The van der Waals surface area contributed by atoms with Crippen LogP contribution in [-0.4, -0.2) is 4.57 Å². The van der Waals surface area contributed by atoms with Gasteiger partial charge in [-0.15, -0.1) is 0 Å². The van der Waals surface area contributed by atoms with Gasteiger partial charge in [-0.1, -0.05) is 79.4 Å². The Hall–Kier alpha value is -3.06. The van der Waals surface area contributed by atoms with Crippen LogP contribution >= 0.6 is 0 Å². The first-order chi connectivity index (χ1) is 11.8. The van der Waals surface area contributed by atoms with Crippen molar-refractivity contribution >= 4 is 27.5 Å². The van der Waals surface area contributed by atoms with E-state index in [0.29, 0.717) is 0 Å². The third-order valence-electron chi connectivity index (χ3n) is 4.54. The van der Waals surface area contributed by atoms with E-state index >= 15 is 0 Å². The zero-order valence-electron chi connectivity index (χ0n) is 13.7. The molecule has 0 aliphatic heterocycles. The summed E-state index contributed by atoms with van der Waals surface area (Å²) in [4.78, 5) is 0. The Balaban J connectivity index is 2.23. The Morgan fingerprint density at radius 3 is 2.29 bits per heavy atom. The van der Waals surface area contributed by atoms with Crippen LogP contribution in [0, 0.1) is 0 Å². The summed E-state index contributed by atoms with van der Waals surface area (Å²) in [7, 11) is 0. The molecule has 4 rings (SSSR count). The molecule has 0 atom stereocenters. The van der Waals surface area contributed by atoms with Crippen molar-refractivity contribution in [2.24, 2.45) is 0 Å². The molecule has 4 aromatic rings. The summed E-state index contributed by atoms with van der Waals surface area (Å²) in [5.74, 6) is 0. The first kappa shape index (κ1) is 14.5. The van der Waals surface area contributed by atoms with Crippen LogP contribution < -0.4 is 0 Å². The molecule has 0 bridgehead atoms. The summed E-state index contributed by atoms with van der Waals surface area (Å²) < 4.78 is 2.32. The highest BCUT2D eigenvalue weighted by molar-refractivity contribution is 6.14. The zero-order chi connectivity index (χ0) is 16.5. The Kier molecular flexibility index (Phi) is 3.55. The van der Waals surface area contributed by atoms with Gasteiger partial charge in [-0.05, 0) is 24.6 Å². The number of para-hydroxylation sites is 2. The second kappa shape index (κ2) is 5.86. The van der Waals surface area contributed by atoms with Gasteiger partial charge in [-0.2, -0.15) is 0 Å². The molecule has 0 fully saturated rings. The van der Waals surface area contributed by atoms with Crippen molar-refractivity contribution in [1.29, 1.82) is 0 Å². The molecule has 0 N–H and O–H groups in total. The molecule has 0 aliphatic rings. The van der Waals surface area contributed by atoms with E-state index in [-0.39, 0.29) is 0 Å². The van der Waals surface area contributed by atoms with Gasteiger partial charge in [0, 0.05) is 22.0 Å². The van der Waals surface area contributed by atoms with E-state index in [2.05, 4.69) is 96.9 Å². The maximum Gasteiger partial charge on any atom is 0.0619 e. The van der Waals surface area contributed by atoms with Crippen LogP contribution in [0.2, 0.25) is 0 Å². The van der Waals surface area contributed by atoms with E-state index in [1.165, 1.54) is 32.9 Å². The molecule has 116 valence electrons. The highest BCUT2D eigenvalue weighted by Crippen LogP contribution is 2.37. The van der Waals surface area contributed by atoms with Gasteiger partial charge < -0.3 is 4.57 Å². The van der Waals surface area contributed by atoms with E-state index < -0.39 is 0 Å². The summed E-state index contributed by atoms with van der Waals surface area (Å²) >= 11 is 0. The van der Waals surface area contributed by atoms with Crippen LogP contribution in [0.4, 0.5) is 0 Å². The summed E-state index contributed by atoms with van der Waals surface area (Å²) in [6, 6.07) is 25.7. The van der Waals surface area contributed by atoms with E-state index in [0.717, 1.165) is 5.70 Å². The summed E-state index contributed by atoms with van der Waals surface area (Å²) in [5, 5.41) is 2.54. The molecule has 0 saturated heterocycles. The minimum absolute atomic E-state index is 1.10. The number of aromatic nitrogens is 1. The number of fused-ring (bicyclic) bond motifs is 3. The molecule has 1 aromatic heterocycles. The first-order valence-electron chi connectivity index (χ1n) is 8.22. The minimum Gasteiger partial charge on any atom is -0.309 e. The first-order valence-corrected chi connectivity index (χ1v) is 8.22. The predicted octanol–water partition coefficient (Wildman–Crippen LogP) is 6.51. The molecular formula is C23H19N. The van der Waals surface area contributed by atoms with Crippen LogP contribution in [0.15, 0.2) is 91.5 Å². The van der Waals surface area contributed by atoms with E-state index in [4.69, 9.17) is 0 Å². The lowest BCUT2D eigenvalue weighted by atomic mass is 10.0. The van der Waals surface area contributed by atoms with Crippen LogP contribution in [0.5, 0.6) is 0 Å². The van der Waals surface area contributed by atoms with Crippen molar-refractivity contribution in [3.8, 4) is 11.1 Å². The van der Waals surface area contributed by atoms with Crippen LogP contribution in [0.1, 0.15) is 6.92 Å². The normalized spacial score (nSPS) is 12.0. The lowest BCUT2D eigenvalue weighted by molar-refractivity contribution is 1.23. The van der Waals surface area contributed by atoms with Gasteiger partial charge in [0.1, 0.15) is 0 Å². The van der Waals surface area contributed by atoms with Gasteiger partial charge in [0.05, 0.1) is 11.0 Å². The molecule has 0 saturated carbocycles. The topological polar surface area (TPSA) is 4.93 Å². The fraction of sp³-hybridized carbons (Fsp3) is 0.0435. The molecule has 1 nitrogen and oxygen atoms in total. The number of rotatable bonds is 3. The van der Waals surface area contributed by atoms with Gasteiger partial charge in [0.15, 0.2) is 0 Å². The third kappa shape index (κ3) is 2.10. The second-order valence-electron chi connectivity index (χ2n) is 5.84. The number of allylic oxidation sites excluding steroid dienone is 3. The van der Waals surface area contributed by atoms with Crippen molar-refractivity contribution in [2.75, 3.05) is 0 Å². The zero-order valence-corrected chi connectivity index (χ0v) is 13.7. The molecule has 0 unspecified atom stereocenters. The average molecular weight is 309 g/mol. The van der Waals surface area contributed by atoms with Crippen LogP contribution in [-0.2, 0) is 0 Å². The lowest BCUT2D eigenvalue weighted by Gasteiger charge is -2.12. The van der Waals surface area contributed by atoms with Crippen molar-refractivity contribution in [2.45, 2.75) is 6.92 Å². The molecule has 24 heavy (non-hydrogen) atoms. The van der Waals surface area contributed by atoms with E-state index in [9.17, 15) is 0 Å². The standard InChI is InChI=1S/C23H19N/c1-3-18(4-2)24-22-16-9-8-13-20(22)21-15-10-14-19(23(21)24)17-11-6-5-7-12-17/h3-16H,1H2,2H3/b18-4+. The van der Waals surface area contributed by atoms with Crippen molar-refractivity contribution in [3.63, 3.8) is 0 Å². The number of hydrogen-bond acceptors (Lipinski definition) is 0. The van der Waals surface area contributed by atoms with Gasteiger partial charge in [0.2, 0.25) is 0 Å². The Bertz CT molecular complexity index is 1070. The summed E-state index contributed by atoms with van der Waals surface area (Å²) in [5.41, 5.74) is 6.02. The summed E-state index contributed by atoms with van der Waals surface area (Å²) in [6.07, 6.45) is 4.04. The highest BCUT2D eigenvalue weighted by atomic mass is 15.0. The van der Waals surface area contributed by atoms with Gasteiger partial charge in [-0.25, -0.2) is 0 Å². The van der Waals surface area contributed by atoms with Crippen molar-refractivity contribution < 1.29 is 0 Å². The van der Waals surface area contributed by atoms with Gasteiger partial charge in [-0.3, -0.25) is 0 Å². The maximum atomic E-state index is 4.01.